The van der Waals surface area contributed by atoms with Crippen LogP contribution in [-0.4, -0.2) is 22.3 Å². The Morgan fingerprint density at radius 3 is 2.12 bits per heavy atom. The molecular formula is C30H50O3. The lowest BCUT2D eigenvalue weighted by Crippen LogP contribution is -2.68. The Balaban J connectivity index is 1.56. The summed E-state index contributed by atoms with van der Waals surface area (Å²) in [6.45, 7) is 17.2. The zero-order valence-electron chi connectivity index (χ0n) is 22.4. The molecular weight excluding hydrogens is 408 g/mol. The molecule has 0 aromatic rings. The van der Waals surface area contributed by atoms with Crippen LogP contribution in [0.3, 0.4) is 0 Å². The van der Waals surface area contributed by atoms with Crippen LogP contribution in [0.5, 0.6) is 0 Å². The molecule has 0 saturated heterocycles. The minimum Gasteiger partial charge on any atom is -0.481 e. The van der Waals surface area contributed by atoms with Crippen molar-refractivity contribution in [2.75, 3.05) is 0 Å². The molecule has 0 aromatic heterocycles. The Bertz CT molecular complexity index is 819. The van der Waals surface area contributed by atoms with Crippen LogP contribution in [-0.2, 0) is 4.79 Å². The predicted molar refractivity (Wildman–Crippen MR) is 133 cm³/mol. The van der Waals surface area contributed by atoms with Crippen molar-refractivity contribution in [2.24, 2.45) is 62.6 Å². The van der Waals surface area contributed by atoms with Crippen molar-refractivity contribution >= 4 is 5.97 Å². The maximum absolute atomic E-state index is 12.8. The summed E-state index contributed by atoms with van der Waals surface area (Å²) in [6.07, 6.45) is 10.8. The molecule has 33 heavy (non-hydrogen) atoms. The fourth-order valence-electron chi connectivity index (χ4n) is 11.7. The molecule has 5 fully saturated rings. The fourth-order valence-corrected chi connectivity index (χ4v) is 11.7. The Morgan fingerprint density at radius 1 is 0.758 bits per heavy atom. The van der Waals surface area contributed by atoms with Crippen LogP contribution < -0.4 is 0 Å². The minimum absolute atomic E-state index is 0.00950. The molecule has 0 aromatic carbocycles. The van der Waals surface area contributed by atoms with E-state index in [2.05, 4.69) is 48.5 Å². The van der Waals surface area contributed by atoms with Gasteiger partial charge in [-0.05, 0) is 121 Å². The highest BCUT2D eigenvalue weighted by Gasteiger charge is 2.71. The summed E-state index contributed by atoms with van der Waals surface area (Å²) in [4.78, 5) is 12.8. The second kappa shape index (κ2) is 7.23. The summed E-state index contributed by atoms with van der Waals surface area (Å²) in [5.74, 6) is 2.75. The van der Waals surface area contributed by atoms with Crippen LogP contribution in [0, 0.1) is 62.6 Å². The third kappa shape index (κ3) is 2.81. The highest BCUT2D eigenvalue weighted by Crippen LogP contribution is 2.77. The van der Waals surface area contributed by atoms with E-state index in [1.165, 1.54) is 25.7 Å². The number of aliphatic hydroxyl groups excluding tert-OH is 1. The van der Waals surface area contributed by atoms with Crippen molar-refractivity contribution in [1.29, 1.82) is 0 Å². The zero-order chi connectivity index (χ0) is 24.2. The third-order valence-corrected chi connectivity index (χ3v) is 14.0. The largest absolute Gasteiger partial charge is 0.481 e. The van der Waals surface area contributed by atoms with Gasteiger partial charge in [0.15, 0.2) is 0 Å². The molecule has 0 heterocycles. The van der Waals surface area contributed by atoms with Gasteiger partial charge >= 0.3 is 5.97 Å². The fraction of sp³-hybridized carbons (Fsp3) is 0.967. The summed E-state index contributed by atoms with van der Waals surface area (Å²) in [5.41, 5.74) is 0.280. The van der Waals surface area contributed by atoms with Crippen molar-refractivity contribution in [3.63, 3.8) is 0 Å². The number of aliphatic hydroxyl groups is 1. The second-order valence-electron chi connectivity index (χ2n) is 14.9. The summed E-state index contributed by atoms with van der Waals surface area (Å²) in [6, 6.07) is 0. The SMILES string of the molecule is C[C@@H]1[C@H]2[C@@H]3CC[C@@H]4[C@@]5(C)CC[C@@H](O)C(C)(C)[C@@H]5CC[C@@]4(C)[C@]3(C)CC[C@@]2(C(=O)O)CC[C@H]1C. The molecule has 3 nitrogen and oxygen atoms in total. The summed E-state index contributed by atoms with van der Waals surface area (Å²) in [7, 11) is 0. The van der Waals surface area contributed by atoms with Gasteiger partial charge in [-0.2, -0.15) is 0 Å². The molecule has 11 atom stereocenters. The quantitative estimate of drug-likeness (QED) is 0.438. The van der Waals surface area contributed by atoms with Crippen LogP contribution in [0.15, 0.2) is 0 Å². The lowest BCUT2D eigenvalue weighted by atomic mass is 9.31. The molecule has 0 amide bonds. The molecule has 0 radical (unpaired) electrons. The first kappa shape index (κ1) is 24.1. The van der Waals surface area contributed by atoms with Crippen LogP contribution >= 0.6 is 0 Å². The Labute approximate surface area is 202 Å². The minimum atomic E-state index is -0.501. The lowest BCUT2D eigenvalue weighted by Gasteiger charge is -2.73. The average Bonchev–Trinajstić information content (AvgIpc) is 2.74. The van der Waals surface area contributed by atoms with E-state index in [0.717, 1.165) is 38.5 Å². The normalized spacial score (nSPS) is 57.8. The van der Waals surface area contributed by atoms with Crippen LogP contribution in [0.4, 0.5) is 0 Å². The Hall–Kier alpha value is -0.570. The number of fused-ring (bicyclic) bond motifs is 7. The molecule has 0 aliphatic heterocycles. The maximum Gasteiger partial charge on any atom is 0.309 e. The number of carbonyl (C=O) groups is 1. The van der Waals surface area contributed by atoms with Gasteiger partial charge in [-0.1, -0.05) is 48.5 Å². The highest BCUT2D eigenvalue weighted by molar-refractivity contribution is 5.75. The van der Waals surface area contributed by atoms with Crippen LogP contribution in [0.1, 0.15) is 113 Å². The van der Waals surface area contributed by atoms with E-state index in [4.69, 9.17) is 0 Å². The van der Waals surface area contributed by atoms with Crippen molar-refractivity contribution in [1.82, 2.24) is 0 Å². The Kier molecular flexibility index (Phi) is 5.29. The van der Waals surface area contributed by atoms with E-state index < -0.39 is 11.4 Å². The van der Waals surface area contributed by atoms with Crippen molar-refractivity contribution in [3.8, 4) is 0 Å². The standard InChI is InChI=1S/C30H50O3/c1-18-10-15-30(25(32)33)17-16-28(6)20(24(30)19(18)2)8-9-22-27(5)13-12-23(31)26(3,4)21(27)11-14-29(22,28)7/h18-24,31H,8-17H2,1-7H3,(H,32,33)/t18-,19+,20+,21+,22-,23-,24+,27+,28-,29-,30+/m1/s1. The zero-order valence-corrected chi connectivity index (χ0v) is 22.4. The van der Waals surface area contributed by atoms with E-state index in [0.29, 0.717) is 35.5 Å². The van der Waals surface area contributed by atoms with Crippen molar-refractivity contribution in [3.05, 3.63) is 0 Å². The Morgan fingerprint density at radius 2 is 1.45 bits per heavy atom. The molecule has 0 unspecified atom stereocenters. The third-order valence-electron chi connectivity index (χ3n) is 14.0. The van der Waals surface area contributed by atoms with Crippen molar-refractivity contribution < 1.29 is 15.0 Å². The second-order valence-corrected chi connectivity index (χ2v) is 14.9. The number of rotatable bonds is 1. The molecule has 5 saturated carbocycles. The number of hydrogen-bond donors (Lipinski definition) is 2. The number of hydrogen-bond acceptors (Lipinski definition) is 2. The first-order chi connectivity index (χ1) is 15.3. The van der Waals surface area contributed by atoms with Gasteiger partial charge in [0, 0.05) is 0 Å². The first-order valence-electron chi connectivity index (χ1n) is 14.2. The van der Waals surface area contributed by atoms with Gasteiger partial charge in [-0.15, -0.1) is 0 Å². The first-order valence-corrected chi connectivity index (χ1v) is 14.2. The van der Waals surface area contributed by atoms with Crippen molar-refractivity contribution in [2.45, 2.75) is 119 Å². The number of aliphatic carboxylic acids is 1. The average molecular weight is 459 g/mol. The predicted octanol–water partition coefficient (Wildman–Crippen LogP) is 7.17. The van der Waals surface area contributed by atoms with E-state index in [-0.39, 0.29) is 27.8 Å². The van der Waals surface area contributed by atoms with E-state index in [1.54, 1.807) is 0 Å². The molecule has 5 aliphatic carbocycles. The monoisotopic (exact) mass is 458 g/mol. The molecule has 188 valence electrons. The number of carboxylic acid groups (broad SMARTS) is 1. The van der Waals surface area contributed by atoms with Gasteiger partial charge in [-0.25, -0.2) is 0 Å². The topological polar surface area (TPSA) is 57.5 Å². The molecule has 5 rings (SSSR count). The van der Waals surface area contributed by atoms with E-state index in [1.807, 2.05) is 0 Å². The molecule has 2 N–H and O–H groups in total. The van der Waals surface area contributed by atoms with Gasteiger partial charge in [0.05, 0.1) is 11.5 Å². The summed E-state index contributed by atoms with van der Waals surface area (Å²) in [5, 5.41) is 21.5. The van der Waals surface area contributed by atoms with Gasteiger partial charge in [0.1, 0.15) is 0 Å². The van der Waals surface area contributed by atoms with Crippen LogP contribution in [0.2, 0.25) is 0 Å². The molecule has 5 aliphatic rings. The van der Waals surface area contributed by atoms with Crippen LogP contribution in [0.25, 0.3) is 0 Å². The van der Waals surface area contributed by atoms with Gasteiger partial charge in [0.25, 0.3) is 0 Å². The molecule has 0 spiro atoms. The number of carboxylic acids is 1. The smallest absolute Gasteiger partial charge is 0.309 e. The van der Waals surface area contributed by atoms with Gasteiger partial charge in [0.2, 0.25) is 0 Å². The summed E-state index contributed by atoms with van der Waals surface area (Å²) < 4.78 is 0. The highest BCUT2D eigenvalue weighted by atomic mass is 16.4. The molecule has 0 bridgehead atoms. The maximum atomic E-state index is 12.8. The van der Waals surface area contributed by atoms with Gasteiger partial charge in [-0.3, -0.25) is 4.79 Å². The lowest BCUT2D eigenvalue weighted by molar-refractivity contribution is -0.258. The van der Waals surface area contributed by atoms with Gasteiger partial charge < -0.3 is 10.2 Å². The van der Waals surface area contributed by atoms with E-state index >= 15 is 0 Å². The van der Waals surface area contributed by atoms with E-state index in [9.17, 15) is 15.0 Å². The summed E-state index contributed by atoms with van der Waals surface area (Å²) >= 11 is 0. The molecule has 3 heteroatoms.